The van der Waals surface area contributed by atoms with E-state index in [0.717, 1.165) is 17.9 Å². The van der Waals surface area contributed by atoms with E-state index in [9.17, 15) is 0 Å². The molecule has 0 saturated carbocycles. The van der Waals surface area contributed by atoms with Gasteiger partial charge in [-0.3, -0.25) is 4.98 Å². The maximum absolute atomic E-state index is 5.79. The third-order valence-electron chi connectivity index (χ3n) is 2.99. The summed E-state index contributed by atoms with van der Waals surface area (Å²) >= 11 is 0. The van der Waals surface area contributed by atoms with Crippen LogP contribution >= 0.6 is 0 Å². The van der Waals surface area contributed by atoms with Crippen LogP contribution in [0.3, 0.4) is 0 Å². The molecule has 1 aromatic heterocycles. The molecule has 2 rings (SSSR count). The van der Waals surface area contributed by atoms with Crippen LogP contribution in [0.4, 0.5) is 0 Å². The van der Waals surface area contributed by atoms with Crippen molar-refractivity contribution in [2.45, 2.75) is 46.2 Å². The molecule has 0 aliphatic heterocycles. The third kappa shape index (κ3) is 5.16. The van der Waals surface area contributed by atoms with Crippen molar-refractivity contribution < 1.29 is 4.74 Å². The maximum Gasteiger partial charge on any atom is 0.238 e. The molecule has 0 amide bonds. The zero-order chi connectivity index (χ0) is 15.3. The van der Waals surface area contributed by atoms with Crippen LogP contribution in [-0.2, 0) is 13.0 Å². The van der Waals surface area contributed by atoms with Gasteiger partial charge in [-0.25, -0.2) is 4.98 Å². The molecule has 0 saturated heterocycles. The second-order valence-corrected chi connectivity index (χ2v) is 6.06. The van der Waals surface area contributed by atoms with Crippen LogP contribution in [0.25, 0.3) is 0 Å². The van der Waals surface area contributed by atoms with Crippen molar-refractivity contribution in [2.24, 2.45) is 0 Å². The molecule has 4 heteroatoms. The second-order valence-electron chi connectivity index (χ2n) is 6.06. The number of hydrogen-bond acceptors (Lipinski definition) is 4. The van der Waals surface area contributed by atoms with Gasteiger partial charge < -0.3 is 10.1 Å². The van der Waals surface area contributed by atoms with Crippen molar-refractivity contribution in [1.82, 2.24) is 15.3 Å². The number of hydrogen-bond donors (Lipinski definition) is 1. The fourth-order valence-electron chi connectivity index (χ4n) is 1.83. The number of benzene rings is 1. The average Bonchev–Trinajstić information content (AvgIpc) is 2.45. The quantitative estimate of drug-likeness (QED) is 0.909. The minimum absolute atomic E-state index is 0.0496. The van der Waals surface area contributed by atoms with E-state index >= 15 is 0 Å². The Morgan fingerprint density at radius 2 is 2.00 bits per heavy atom. The normalized spacial score (nSPS) is 11.4. The summed E-state index contributed by atoms with van der Waals surface area (Å²) in [7, 11) is 0. The topological polar surface area (TPSA) is 47.0 Å². The Labute approximate surface area is 126 Å². The van der Waals surface area contributed by atoms with E-state index in [1.54, 1.807) is 12.4 Å². The lowest BCUT2D eigenvalue weighted by Crippen LogP contribution is -2.35. The Balaban J connectivity index is 2.06. The summed E-state index contributed by atoms with van der Waals surface area (Å²) in [6, 6.07) is 8.04. The molecule has 0 bridgehead atoms. The molecule has 2 aromatic rings. The molecule has 1 heterocycles. The van der Waals surface area contributed by atoms with Gasteiger partial charge in [-0.05, 0) is 44.9 Å². The molecule has 0 radical (unpaired) electrons. The molecule has 0 atom stereocenters. The lowest BCUT2D eigenvalue weighted by molar-refractivity contribution is 0.414. The number of aryl methyl sites for hydroxylation is 1. The molecule has 0 fully saturated rings. The van der Waals surface area contributed by atoms with Gasteiger partial charge in [0, 0.05) is 18.3 Å². The lowest BCUT2D eigenvalue weighted by Gasteiger charge is -2.20. The molecule has 112 valence electrons. The molecule has 0 spiro atoms. The summed E-state index contributed by atoms with van der Waals surface area (Å²) in [5, 5.41) is 3.39. The van der Waals surface area contributed by atoms with Crippen molar-refractivity contribution in [3.8, 4) is 11.6 Å². The largest absolute Gasteiger partial charge is 0.437 e. The van der Waals surface area contributed by atoms with Crippen molar-refractivity contribution >= 4 is 0 Å². The van der Waals surface area contributed by atoms with Crippen molar-refractivity contribution in [2.75, 3.05) is 0 Å². The fraction of sp³-hybridized carbons (Fsp3) is 0.412. The summed E-state index contributed by atoms with van der Waals surface area (Å²) in [5.74, 6) is 1.32. The first-order valence-electron chi connectivity index (χ1n) is 7.29. The van der Waals surface area contributed by atoms with Crippen LogP contribution in [0.15, 0.2) is 36.7 Å². The summed E-state index contributed by atoms with van der Waals surface area (Å²) in [4.78, 5) is 8.68. The minimum atomic E-state index is 0.0496. The highest BCUT2D eigenvalue weighted by molar-refractivity contribution is 5.31. The molecule has 0 aliphatic carbocycles. The molecular weight excluding hydrogens is 262 g/mol. The Morgan fingerprint density at radius 1 is 1.19 bits per heavy atom. The van der Waals surface area contributed by atoms with Gasteiger partial charge in [0.2, 0.25) is 5.88 Å². The lowest BCUT2D eigenvalue weighted by atomic mass is 10.1. The van der Waals surface area contributed by atoms with Crippen LogP contribution in [0, 0.1) is 0 Å². The van der Waals surface area contributed by atoms with E-state index in [0.29, 0.717) is 12.4 Å². The Kier molecular flexibility index (Phi) is 4.91. The first-order valence-corrected chi connectivity index (χ1v) is 7.29. The molecule has 1 N–H and O–H groups in total. The third-order valence-corrected chi connectivity index (χ3v) is 2.99. The fourth-order valence-corrected chi connectivity index (χ4v) is 1.83. The van der Waals surface area contributed by atoms with Gasteiger partial charge in [-0.15, -0.1) is 0 Å². The average molecular weight is 285 g/mol. The first kappa shape index (κ1) is 15.4. The number of ether oxygens (including phenoxy) is 1. The van der Waals surface area contributed by atoms with E-state index in [1.165, 1.54) is 5.56 Å². The number of aromatic nitrogens is 2. The van der Waals surface area contributed by atoms with Gasteiger partial charge in [0.1, 0.15) is 5.75 Å². The second kappa shape index (κ2) is 6.68. The van der Waals surface area contributed by atoms with E-state index in [4.69, 9.17) is 4.74 Å². The zero-order valence-corrected chi connectivity index (χ0v) is 13.2. The van der Waals surface area contributed by atoms with Crippen LogP contribution < -0.4 is 10.1 Å². The van der Waals surface area contributed by atoms with Crippen LogP contribution in [0.5, 0.6) is 11.6 Å². The van der Waals surface area contributed by atoms with Gasteiger partial charge >= 0.3 is 0 Å². The Hall–Kier alpha value is -1.94. The Morgan fingerprint density at radius 3 is 2.71 bits per heavy atom. The SMILES string of the molecule is CCc1cccc(Oc2cncc(CNC(C)(C)C)n2)c1. The van der Waals surface area contributed by atoms with Crippen molar-refractivity contribution in [3.05, 3.63) is 47.9 Å². The van der Waals surface area contributed by atoms with Gasteiger partial charge in [0.15, 0.2) is 0 Å². The summed E-state index contributed by atoms with van der Waals surface area (Å²) < 4.78 is 5.79. The van der Waals surface area contributed by atoms with Gasteiger partial charge in [0.25, 0.3) is 0 Å². The highest BCUT2D eigenvalue weighted by Gasteiger charge is 2.09. The van der Waals surface area contributed by atoms with Gasteiger partial charge in [-0.1, -0.05) is 19.1 Å². The van der Waals surface area contributed by atoms with E-state index in [1.807, 2.05) is 18.2 Å². The molecule has 1 aromatic carbocycles. The number of nitrogens with zero attached hydrogens (tertiary/aromatic N) is 2. The predicted molar refractivity (Wildman–Crippen MR) is 84.5 cm³/mol. The van der Waals surface area contributed by atoms with Crippen molar-refractivity contribution in [3.63, 3.8) is 0 Å². The Bertz CT molecular complexity index is 591. The van der Waals surface area contributed by atoms with Crippen LogP contribution in [0.1, 0.15) is 39.0 Å². The first-order chi connectivity index (χ1) is 9.96. The van der Waals surface area contributed by atoms with Gasteiger partial charge in [-0.2, -0.15) is 0 Å². The maximum atomic E-state index is 5.79. The van der Waals surface area contributed by atoms with Gasteiger partial charge in [0.05, 0.1) is 11.9 Å². The summed E-state index contributed by atoms with van der Waals surface area (Å²) in [6.07, 6.45) is 4.38. The molecule has 4 nitrogen and oxygen atoms in total. The molecular formula is C17H23N3O. The monoisotopic (exact) mass is 285 g/mol. The number of rotatable bonds is 5. The minimum Gasteiger partial charge on any atom is -0.437 e. The standard InChI is InChI=1S/C17H23N3O/c1-5-13-7-6-8-15(9-13)21-16-12-18-10-14(20-16)11-19-17(2,3)4/h6-10,12,19H,5,11H2,1-4H3. The zero-order valence-electron chi connectivity index (χ0n) is 13.2. The molecule has 0 aliphatic rings. The number of nitrogens with one attached hydrogen (secondary N) is 1. The predicted octanol–water partition coefficient (Wildman–Crippen LogP) is 3.72. The van der Waals surface area contributed by atoms with Crippen molar-refractivity contribution in [1.29, 1.82) is 0 Å². The van der Waals surface area contributed by atoms with E-state index in [2.05, 4.69) is 49.0 Å². The van der Waals surface area contributed by atoms with Crippen LogP contribution in [0.2, 0.25) is 0 Å². The molecule has 0 unspecified atom stereocenters. The smallest absolute Gasteiger partial charge is 0.238 e. The molecule has 21 heavy (non-hydrogen) atoms. The summed E-state index contributed by atoms with van der Waals surface area (Å²) in [5.41, 5.74) is 2.16. The highest BCUT2D eigenvalue weighted by Crippen LogP contribution is 2.20. The van der Waals surface area contributed by atoms with E-state index < -0.39 is 0 Å². The van der Waals surface area contributed by atoms with Crippen LogP contribution in [-0.4, -0.2) is 15.5 Å². The van der Waals surface area contributed by atoms with E-state index in [-0.39, 0.29) is 5.54 Å². The highest BCUT2D eigenvalue weighted by atomic mass is 16.5. The summed E-state index contributed by atoms with van der Waals surface area (Å²) in [6.45, 7) is 9.16.